The van der Waals surface area contributed by atoms with Crippen molar-refractivity contribution in [2.75, 3.05) is 7.05 Å². The first-order valence-corrected chi connectivity index (χ1v) is 6.58. The summed E-state index contributed by atoms with van der Waals surface area (Å²) in [7, 11) is 2.00. The molecule has 3 heteroatoms. The number of nitrogens with one attached hydrogen (secondary N) is 1. The molecule has 0 radical (unpaired) electrons. The topological polar surface area (TPSA) is 12.0 Å². The van der Waals surface area contributed by atoms with E-state index in [2.05, 4.69) is 5.32 Å². The van der Waals surface area contributed by atoms with Crippen molar-refractivity contribution in [2.24, 2.45) is 5.92 Å². The first kappa shape index (κ1) is 12.2. The second-order valence-electron chi connectivity index (χ2n) is 4.58. The number of halogens is 2. The van der Waals surface area contributed by atoms with Crippen LogP contribution in [-0.2, 0) is 0 Å². The third-order valence-corrected chi connectivity index (χ3v) is 3.87. The van der Waals surface area contributed by atoms with E-state index in [4.69, 9.17) is 23.2 Å². The Morgan fingerprint density at radius 3 is 2.31 bits per heavy atom. The van der Waals surface area contributed by atoms with Gasteiger partial charge in [0.1, 0.15) is 0 Å². The Hall–Kier alpha value is -0.240. The summed E-state index contributed by atoms with van der Waals surface area (Å²) in [6.45, 7) is 0. The van der Waals surface area contributed by atoms with Crippen LogP contribution in [0, 0.1) is 5.92 Å². The number of rotatable bonds is 4. The molecule has 88 valence electrons. The maximum absolute atomic E-state index is 6.02. The average Bonchev–Trinajstić information content (AvgIpc) is 2.14. The summed E-state index contributed by atoms with van der Waals surface area (Å²) in [6, 6.07) is 6.17. The Labute approximate surface area is 107 Å². The SMILES string of the molecule is CNC(CC1CCC1)c1cc(Cl)cc(Cl)c1. The molecule has 1 atom stereocenters. The first-order valence-electron chi connectivity index (χ1n) is 5.82. The largest absolute Gasteiger partial charge is 0.313 e. The molecule has 0 aliphatic heterocycles. The van der Waals surface area contributed by atoms with Crippen LogP contribution in [0.15, 0.2) is 18.2 Å². The molecule has 0 aromatic heterocycles. The first-order chi connectivity index (χ1) is 7.69. The molecule has 1 aliphatic rings. The normalized spacial score (nSPS) is 18.2. The van der Waals surface area contributed by atoms with Gasteiger partial charge in [0.2, 0.25) is 0 Å². The zero-order chi connectivity index (χ0) is 11.5. The van der Waals surface area contributed by atoms with Crippen molar-refractivity contribution in [1.29, 1.82) is 0 Å². The molecule has 1 aromatic carbocycles. The van der Waals surface area contributed by atoms with Crippen molar-refractivity contribution in [3.63, 3.8) is 0 Å². The minimum absolute atomic E-state index is 0.376. The van der Waals surface area contributed by atoms with E-state index in [1.54, 1.807) is 6.07 Å². The van der Waals surface area contributed by atoms with Crippen LogP contribution in [0.2, 0.25) is 10.0 Å². The molecule has 2 rings (SSSR count). The van der Waals surface area contributed by atoms with Gasteiger partial charge in [0, 0.05) is 16.1 Å². The number of benzene rings is 1. The fraction of sp³-hybridized carbons (Fsp3) is 0.538. The van der Waals surface area contributed by atoms with Crippen molar-refractivity contribution in [1.82, 2.24) is 5.32 Å². The standard InChI is InChI=1S/C13H17Cl2N/c1-16-13(5-9-3-2-4-9)10-6-11(14)8-12(15)7-10/h6-9,13,16H,2-5H2,1H3. The van der Waals surface area contributed by atoms with Crippen molar-refractivity contribution in [2.45, 2.75) is 31.7 Å². The van der Waals surface area contributed by atoms with Crippen molar-refractivity contribution in [3.05, 3.63) is 33.8 Å². The molecular formula is C13H17Cl2N. The minimum Gasteiger partial charge on any atom is -0.313 e. The predicted octanol–water partition coefficient (Wildman–Crippen LogP) is 4.44. The Kier molecular flexibility index (Phi) is 4.12. The fourth-order valence-corrected chi connectivity index (χ4v) is 2.80. The molecule has 16 heavy (non-hydrogen) atoms. The lowest BCUT2D eigenvalue weighted by Gasteiger charge is -2.30. The van der Waals surface area contributed by atoms with Crippen LogP contribution < -0.4 is 5.32 Å². The number of hydrogen-bond donors (Lipinski definition) is 1. The molecule has 1 N–H and O–H groups in total. The molecule has 0 amide bonds. The highest BCUT2D eigenvalue weighted by atomic mass is 35.5. The zero-order valence-corrected chi connectivity index (χ0v) is 11.0. The van der Waals surface area contributed by atoms with Gasteiger partial charge in [-0.25, -0.2) is 0 Å². The van der Waals surface area contributed by atoms with E-state index < -0.39 is 0 Å². The summed E-state index contributed by atoms with van der Waals surface area (Å²) in [4.78, 5) is 0. The third kappa shape index (κ3) is 2.91. The van der Waals surface area contributed by atoms with Crippen LogP contribution in [-0.4, -0.2) is 7.05 Å². The smallest absolute Gasteiger partial charge is 0.0424 e. The molecule has 1 aliphatic carbocycles. The highest BCUT2D eigenvalue weighted by molar-refractivity contribution is 6.34. The van der Waals surface area contributed by atoms with Gasteiger partial charge in [-0.15, -0.1) is 0 Å². The van der Waals surface area contributed by atoms with Crippen LogP contribution in [0.3, 0.4) is 0 Å². The molecule has 1 unspecified atom stereocenters. The van der Waals surface area contributed by atoms with E-state index in [1.807, 2.05) is 19.2 Å². The van der Waals surface area contributed by atoms with Crippen LogP contribution in [0.25, 0.3) is 0 Å². The van der Waals surface area contributed by atoms with Crippen LogP contribution >= 0.6 is 23.2 Å². The molecular weight excluding hydrogens is 241 g/mol. The lowest BCUT2D eigenvalue weighted by molar-refractivity contribution is 0.265. The van der Waals surface area contributed by atoms with E-state index in [9.17, 15) is 0 Å². The van der Waals surface area contributed by atoms with Crippen molar-refractivity contribution >= 4 is 23.2 Å². The molecule has 1 fully saturated rings. The molecule has 1 aromatic rings. The van der Waals surface area contributed by atoms with Gasteiger partial charge in [-0.2, -0.15) is 0 Å². The van der Waals surface area contributed by atoms with E-state index >= 15 is 0 Å². The van der Waals surface area contributed by atoms with Crippen LogP contribution in [0.1, 0.15) is 37.3 Å². The lowest BCUT2D eigenvalue weighted by Crippen LogP contribution is -2.23. The van der Waals surface area contributed by atoms with Gasteiger partial charge in [-0.1, -0.05) is 42.5 Å². The number of hydrogen-bond acceptors (Lipinski definition) is 1. The predicted molar refractivity (Wildman–Crippen MR) is 70.2 cm³/mol. The summed E-state index contributed by atoms with van der Waals surface area (Å²) in [5.41, 5.74) is 1.20. The minimum atomic E-state index is 0.376. The summed E-state index contributed by atoms with van der Waals surface area (Å²) in [5.74, 6) is 0.871. The molecule has 1 nitrogen and oxygen atoms in total. The Balaban J connectivity index is 2.11. The van der Waals surface area contributed by atoms with Crippen LogP contribution in [0.5, 0.6) is 0 Å². The summed E-state index contributed by atoms with van der Waals surface area (Å²) in [6.07, 6.45) is 5.31. The lowest BCUT2D eigenvalue weighted by atomic mass is 9.79. The van der Waals surface area contributed by atoms with E-state index in [1.165, 1.54) is 31.2 Å². The highest BCUT2D eigenvalue weighted by Crippen LogP contribution is 2.35. The molecule has 0 saturated heterocycles. The van der Waals surface area contributed by atoms with E-state index in [0.29, 0.717) is 6.04 Å². The van der Waals surface area contributed by atoms with Gasteiger partial charge in [-0.05, 0) is 43.1 Å². The maximum atomic E-state index is 6.02. The molecule has 0 spiro atoms. The van der Waals surface area contributed by atoms with Gasteiger partial charge in [0.15, 0.2) is 0 Å². The van der Waals surface area contributed by atoms with Gasteiger partial charge in [0.25, 0.3) is 0 Å². The van der Waals surface area contributed by atoms with Gasteiger partial charge in [0.05, 0.1) is 0 Å². The monoisotopic (exact) mass is 257 g/mol. The average molecular weight is 258 g/mol. The highest BCUT2D eigenvalue weighted by Gasteiger charge is 2.22. The summed E-state index contributed by atoms with van der Waals surface area (Å²) >= 11 is 12.0. The van der Waals surface area contributed by atoms with E-state index in [-0.39, 0.29) is 0 Å². The quantitative estimate of drug-likeness (QED) is 0.841. The summed E-state index contributed by atoms with van der Waals surface area (Å²) in [5, 5.41) is 4.79. The second-order valence-corrected chi connectivity index (χ2v) is 5.45. The van der Waals surface area contributed by atoms with E-state index in [0.717, 1.165) is 16.0 Å². The molecule has 1 saturated carbocycles. The summed E-state index contributed by atoms with van der Waals surface area (Å²) < 4.78 is 0. The zero-order valence-electron chi connectivity index (χ0n) is 9.47. The van der Waals surface area contributed by atoms with Crippen molar-refractivity contribution < 1.29 is 0 Å². The van der Waals surface area contributed by atoms with Crippen LogP contribution in [0.4, 0.5) is 0 Å². The fourth-order valence-electron chi connectivity index (χ4n) is 2.26. The maximum Gasteiger partial charge on any atom is 0.0424 e. The molecule has 0 bridgehead atoms. The Morgan fingerprint density at radius 2 is 1.88 bits per heavy atom. The van der Waals surface area contributed by atoms with Gasteiger partial charge in [-0.3, -0.25) is 0 Å². The molecule has 0 heterocycles. The Morgan fingerprint density at radius 1 is 1.25 bits per heavy atom. The third-order valence-electron chi connectivity index (χ3n) is 3.43. The second kappa shape index (κ2) is 5.39. The van der Waals surface area contributed by atoms with Gasteiger partial charge >= 0.3 is 0 Å². The van der Waals surface area contributed by atoms with Gasteiger partial charge < -0.3 is 5.32 Å². The Bertz CT molecular complexity index is 341. The van der Waals surface area contributed by atoms with Crippen molar-refractivity contribution in [3.8, 4) is 0 Å².